The number of nitriles is 1. The van der Waals surface area contributed by atoms with Crippen LogP contribution in [0.5, 0.6) is 0 Å². The van der Waals surface area contributed by atoms with Gasteiger partial charge in [0.05, 0.1) is 0 Å². The van der Waals surface area contributed by atoms with Crippen molar-refractivity contribution in [3.63, 3.8) is 0 Å². The summed E-state index contributed by atoms with van der Waals surface area (Å²) in [6.07, 6.45) is 3.73. The highest BCUT2D eigenvalue weighted by atomic mass is 16.2. The zero-order chi connectivity index (χ0) is 12.1. The molecule has 0 unspecified atom stereocenters. The van der Waals surface area contributed by atoms with Crippen molar-refractivity contribution < 1.29 is 4.79 Å². The highest BCUT2D eigenvalue weighted by Crippen LogP contribution is 2.13. The molecule has 0 N–H and O–H groups in total. The lowest BCUT2D eigenvalue weighted by Gasteiger charge is -2.13. The molecule has 0 radical (unpaired) electrons. The van der Waals surface area contributed by atoms with Crippen LogP contribution >= 0.6 is 0 Å². The number of nitrogens with zero attached hydrogens (tertiary/aromatic N) is 2. The average Bonchev–Trinajstić information content (AvgIpc) is 2.90. The zero-order valence-electron chi connectivity index (χ0n) is 9.60. The van der Waals surface area contributed by atoms with E-state index in [1.54, 1.807) is 11.0 Å². The largest absolute Gasteiger partial charge is 0.338 e. The molecule has 1 heterocycles. The average molecular weight is 226 g/mol. The summed E-state index contributed by atoms with van der Waals surface area (Å²) >= 11 is 0. The molecule has 2 rings (SSSR count). The van der Waals surface area contributed by atoms with E-state index >= 15 is 0 Å². The van der Waals surface area contributed by atoms with Gasteiger partial charge < -0.3 is 4.90 Å². The van der Waals surface area contributed by atoms with Gasteiger partial charge in [0.25, 0.3) is 5.91 Å². The zero-order valence-corrected chi connectivity index (χ0v) is 9.60. The first-order chi connectivity index (χ1) is 8.31. The van der Waals surface area contributed by atoms with Crippen molar-refractivity contribution in [1.29, 1.82) is 5.26 Å². The lowest BCUT2D eigenvalue weighted by Crippen LogP contribution is -2.28. The minimum Gasteiger partial charge on any atom is -0.338 e. The minimum atomic E-state index is -0.145. The molecule has 1 aromatic rings. The molecule has 17 heavy (non-hydrogen) atoms. The Bertz CT molecular complexity index is 465. The third-order valence-corrected chi connectivity index (χ3v) is 2.85. The molecule has 3 nitrogen and oxygen atoms in total. The van der Waals surface area contributed by atoms with Crippen LogP contribution in [-0.4, -0.2) is 23.9 Å². The van der Waals surface area contributed by atoms with Crippen LogP contribution in [0.1, 0.15) is 18.4 Å². The molecule has 3 heteroatoms. The Labute approximate surface area is 101 Å². The first kappa shape index (κ1) is 11.4. The van der Waals surface area contributed by atoms with E-state index in [2.05, 4.69) is 0 Å². The molecule has 1 aliphatic rings. The standard InChI is InChI=1S/C14H14N2O/c15-11-13(10-12-6-2-1-3-7-12)14(17)16-8-4-5-9-16/h1-3,6-7,10H,4-5,8-9H2/b13-10+. The van der Waals surface area contributed by atoms with Crippen LogP contribution in [-0.2, 0) is 4.79 Å². The van der Waals surface area contributed by atoms with Gasteiger partial charge in [-0.3, -0.25) is 4.79 Å². The second-order valence-corrected chi connectivity index (χ2v) is 4.08. The molecule has 0 atom stereocenters. The molecule has 0 spiro atoms. The lowest BCUT2D eigenvalue weighted by atomic mass is 10.1. The fourth-order valence-electron chi connectivity index (χ4n) is 1.95. The Morgan fingerprint density at radius 1 is 1.24 bits per heavy atom. The van der Waals surface area contributed by atoms with E-state index in [0.29, 0.717) is 0 Å². The molecule has 1 amide bonds. The third-order valence-electron chi connectivity index (χ3n) is 2.85. The second-order valence-electron chi connectivity index (χ2n) is 4.08. The molecule has 1 saturated heterocycles. The maximum Gasteiger partial charge on any atom is 0.264 e. The fraction of sp³-hybridized carbons (Fsp3) is 0.286. The topological polar surface area (TPSA) is 44.1 Å². The molecule has 1 fully saturated rings. The van der Waals surface area contributed by atoms with Crippen LogP contribution in [0.4, 0.5) is 0 Å². The normalized spacial score (nSPS) is 15.7. The van der Waals surface area contributed by atoms with Gasteiger partial charge in [-0.05, 0) is 24.5 Å². The SMILES string of the molecule is N#C/C(=C\c1ccccc1)C(=O)N1CCCC1. The Hall–Kier alpha value is -2.08. The van der Waals surface area contributed by atoms with Crippen LogP contribution in [0, 0.1) is 11.3 Å². The first-order valence-corrected chi connectivity index (χ1v) is 5.77. The van der Waals surface area contributed by atoms with Crippen LogP contribution in [0.2, 0.25) is 0 Å². The quantitative estimate of drug-likeness (QED) is 0.573. The maximum atomic E-state index is 12.0. The molecular formula is C14H14N2O. The van der Waals surface area contributed by atoms with Crippen LogP contribution < -0.4 is 0 Å². The highest BCUT2D eigenvalue weighted by molar-refractivity contribution is 6.01. The summed E-state index contributed by atoms with van der Waals surface area (Å²) in [5.41, 5.74) is 1.11. The Morgan fingerprint density at radius 3 is 2.47 bits per heavy atom. The summed E-state index contributed by atoms with van der Waals surface area (Å²) in [7, 11) is 0. The minimum absolute atomic E-state index is 0.145. The van der Waals surface area contributed by atoms with Crippen molar-refractivity contribution in [3.05, 3.63) is 41.5 Å². The van der Waals surface area contributed by atoms with E-state index in [1.807, 2.05) is 36.4 Å². The number of carbonyl (C=O) groups excluding carboxylic acids is 1. The summed E-state index contributed by atoms with van der Waals surface area (Å²) in [6, 6.07) is 11.5. The summed E-state index contributed by atoms with van der Waals surface area (Å²) in [6.45, 7) is 1.54. The first-order valence-electron chi connectivity index (χ1n) is 5.77. The van der Waals surface area contributed by atoms with Crippen LogP contribution in [0.25, 0.3) is 6.08 Å². The van der Waals surface area contributed by atoms with Gasteiger partial charge >= 0.3 is 0 Å². The summed E-state index contributed by atoms with van der Waals surface area (Å²) in [5, 5.41) is 9.05. The van der Waals surface area contributed by atoms with E-state index in [1.165, 1.54) is 0 Å². The van der Waals surface area contributed by atoms with Crippen molar-refractivity contribution in [2.24, 2.45) is 0 Å². The van der Waals surface area contributed by atoms with Gasteiger partial charge in [-0.2, -0.15) is 5.26 Å². The Kier molecular flexibility index (Phi) is 3.56. The van der Waals surface area contributed by atoms with E-state index in [0.717, 1.165) is 31.5 Å². The number of rotatable bonds is 2. The molecule has 0 bridgehead atoms. The van der Waals surface area contributed by atoms with Gasteiger partial charge in [-0.15, -0.1) is 0 Å². The molecule has 1 aliphatic heterocycles. The van der Waals surface area contributed by atoms with Crippen LogP contribution in [0.3, 0.4) is 0 Å². The molecular weight excluding hydrogens is 212 g/mol. The fourth-order valence-corrected chi connectivity index (χ4v) is 1.95. The number of hydrogen-bond donors (Lipinski definition) is 0. The van der Waals surface area contributed by atoms with E-state index in [4.69, 9.17) is 5.26 Å². The predicted octanol–water partition coefficient (Wildman–Crippen LogP) is 2.22. The molecule has 1 aromatic carbocycles. The van der Waals surface area contributed by atoms with Gasteiger partial charge in [-0.1, -0.05) is 30.3 Å². The van der Waals surface area contributed by atoms with Crippen molar-refractivity contribution in [2.45, 2.75) is 12.8 Å². The number of likely N-dealkylation sites (tertiary alicyclic amines) is 1. The number of benzene rings is 1. The highest BCUT2D eigenvalue weighted by Gasteiger charge is 2.21. The van der Waals surface area contributed by atoms with E-state index in [-0.39, 0.29) is 11.5 Å². The van der Waals surface area contributed by atoms with Gasteiger partial charge in [-0.25, -0.2) is 0 Å². The van der Waals surface area contributed by atoms with Crippen molar-refractivity contribution >= 4 is 12.0 Å². The van der Waals surface area contributed by atoms with Gasteiger partial charge in [0.1, 0.15) is 11.6 Å². The van der Waals surface area contributed by atoms with Gasteiger partial charge in [0.15, 0.2) is 0 Å². The summed E-state index contributed by atoms with van der Waals surface area (Å²) in [5.74, 6) is -0.145. The van der Waals surface area contributed by atoms with Crippen molar-refractivity contribution in [1.82, 2.24) is 4.90 Å². The summed E-state index contributed by atoms with van der Waals surface area (Å²) < 4.78 is 0. The second kappa shape index (κ2) is 5.31. The van der Waals surface area contributed by atoms with E-state index in [9.17, 15) is 4.79 Å². The van der Waals surface area contributed by atoms with Crippen LogP contribution in [0.15, 0.2) is 35.9 Å². The summed E-state index contributed by atoms with van der Waals surface area (Å²) in [4.78, 5) is 13.8. The monoisotopic (exact) mass is 226 g/mol. The molecule has 86 valence electrons. The lowest BCUT2D eigenvalue weighted by molar-refractivity contribution is -0.125. The van der Waals surface area contributed by atoms with Gasteiger partial charge in [0.2, 0.25) is 0 Å². The Morgan fingerprint density at radius 2 is 1.88 bits per heavy atom. The maximum absolute atomic E-state index is 12.0. The van der Waals surface area contributed by atoms with Crippen molar-refractivity contribution in [2.75, 3.05) is 13.1 Å². The molecule has 0 saturated carbocycles. The molecule has 0 aliphatic carbocycles. The number of amides is 1. The Balaban J connectivity index is 2.19. The van der Waals surface area contributed by atoms with Crippen molar-refractivity contribution in [3.8, 4) is 6.07 Å². The van der Waals surface area contributed by atoms with Gasteiger partial charge in [0, 0.05) is 13.1 Å². The number of hydrogen-bond acceptors (Lipinski definition) is 2. The predicted molar refractivity (Wildman–Crippen MR) is 65.8 cm³/mol. The van der Waals surface area contributed by atoms with E-state index < -0.39 is 0 Å². The third kappa shape index (κ3) is 2.73. The molecule has 0 aromatic heterocycles. The smallest absolute Gasteiger partial charge is 0.264 e. The number of carbonyl (C=O) groups is 1.